The van der Waals surface area contributed by atoms with Gasteiger partial charge in [-0.25, -0.2) is 0 Å². The molecule has 0 bridgehead atoms. The van der Waals surface area contributed by atoms with Gasteiger partial charge in [0, 0.05) is 19.3 Å². The molecule has 4 aliphatic heterocycles. The molecule has 2 aromatic rings. The lowest BCUT2D eigenvalue weighted by atomic mass is 9.78. The summed E-state index contributed by atoms with van der Waals surface area (Å²) in [7, 11) is 0. The van der Waals surface area contributed by atoms with Crippen molar-refractivity contribution in [2.45, 2.75) is 63.4 Å². The van der Waals surface area contributed by atoms with Gasteiger partial charge in [0.1, 0.15) is 0 Å². The van der Waals surface area contributed by atoms with Gasteiger partial charge in [-0.3, -0.25) is 0 Å². The normalized spacial score (nSPS) is 28.4. The van der Waals surface area contributed by atoms with Crippen LogP contribution in [-0.4, -0.2) is 50.8 Å². The second-order valence-corrected chi connectivity index (χ2v) is 9.25. The molecule has 0 N–H and O–H groups in total. The third kappa shape index (κ3) is 4.19. The molecule has 4 atom stereocenters. The maximum absolute atomic E-state index is 5.71. The fraction of sp³-hybridized carbons (Fsp3) is 0.538. The van der Waals surface area contributed by atoms with Crippen molar-refractivity contribution in [2.24, 2.45) is 0 Å². The van der Waals surface area contributed by atoms with Crippen LogP contribution in [0.1, 0.15) is 34.2 Å². The van der Waals surface area contributed by atoms with Crippen LogP contribution >= 0.6 is 0 Å². The van der Waals surface area contributed by atoms with Gasteiger partial charge in [0.25, 0.3) is 0 Å². The molecule has 0 spiro atoms. The summed E-state index contributed by atoms with van der Waals surface area (Å²) in [6, 6.07) is 10.9. The van der Waals surface area contributed by atoms with Crippen molar-refractivity contribution in [1.82, 2.24) is 0 Å². The monoisotopic (exact) mass is 406 g/mol. The van der Waals surface area contributed by atoms with E-state index in [9.17, 15) is 0 Å². The predicted molar refractivity (Wildman–Crippen MR) is 115 cm³/mol. The molecule has 4 saturated heterocycles. The van der Waals surface area contributed by atoms with E-state index in [-0.39, 0.29) is 0 Å². The van der Waals surface area contributed by atoms with Gasteiger partial charge in [0.05, 0.1) is 50.8 Å². The molecule has 0 amide bonds. The van der Waals surface area contributed by atoms with E-state index in [2.05, 4.69) is 37.3 Å². The highest BCUT2D eigenvalue weighted by atomic mass is 16.6. The van der Waals surface area contributed by atoms with Crippen LogP contribution in [0, 0.1) is 6.92 Å². The topological polar surface area (TPSA) is 50.1 Å². The highest BCUT2D eigenvalue weighted by Gasteiger charge is 2.35. The van der Waals surface area contributed by atoms with Gasteiger partial charge in [-0.1, -0.05) is 30.3 Å². The Morgan fingerprint density at radius 3 is 1.70 bits per heavy atom. The first-order chi connectivity index (χ1) is 14.8. The number of ether oxygens (including phenoxy) is 4. The van der Waals surface area contributed by atoms with E-state index in [1.165, 1.54) is 38.9 Å². The van der Waals surface area contributed by atoms with Crippen LogP contribution in [0.15, 0.2) is 30.3 Å². The van der Waals surface area contributed by atoms with Crippen molar-refractivity contribution in [1.29, 1.82) is 0 Å². The Morgan fingerprint density at radius 1 is 0.667 bits per heavy atom. The minimum Gasteiger partial charge on any atom is -0.373 e. The van der Waals surface area contributed by atoms with Gasteiger partial charge in [0.15, 0.2) is 0 Å². The van der Waals surface area contributed by atoms with Gasteiger partial charge in [-0.15, -0.1) is 0 Å². The first kappa shape index (κ1) is 19.0. The van der Waals surface area contributed by atoms with E-state index < -0.39 is 0 Å². The van der Waals surface area contributed by atoms with Crippen molar-refractivity contribution in [3.8, 4) is 11.1 Å². The molecule has 30 heavy (non-hydrogen) atoms. The summed E-state index contributed by atoms with van der Waals surface area (Å²) < 4.78 is 22.6. The number of benzene rings is 2. The average Bonchev–Trinajstić information content (AvgIpc) is 3.59. The smallest absolute Gasteiger partial charge is 0.0850 e. The largest absolute Gasteiger partial charge is 0.373 e. The molecule has 0 aromatic heterocycles. The van der Waals surface area contributed by atoms with Gasteiger partial charge >= 0.3 is 0 Å². The van der Waals surface area contributed by atoms with Crippen LogP contribution in [0.4, 0.5) is 0 Å². The van der Waals surface area contributed by atoms with Gasteiger partial charge in [0.2, 0.25) is 0 Å². The van der Waals surface area contributed by atoms with E-state index in [4.69, 9.17) is 18.9 Å². The van der Waals surface area contributed by atoms with E-state index in [1.807, 2.05) is 0 Å². The number of hydrogen-bond donors (Lipinski definition) is 0. The van der Waals surface area contributed by atoms with Crippen LogP contribution in [0.5, 0.6) is 0 Å². The van der Waals surface area contributed by atoms with Crippen molar-refractivity contribution in [2.75, 3.05) is 26.4 Å². The number of hydrogen-bond acceptors (Lipinski definition) is 4. The van der Waals surface area contributed by atoms with E-state index in [0.29, 0.717) is 24.4 Å². The Kier molecular flexibility index (Phi) is 4.91. The van der Waals surface area contributed by atoms with Crippen molar-refractivity contribution >= 4 is 0 Å². The van der Waals surface area contributed by atoms with E-state index in [0.717, 1.165) is 58.5 Å². The average molecular weight is 407 g/mol. The fourth-order valence-corrected chi connectivity index (χ4v) is 4.95. The zero-order chi connectivity index (χ0) is 20.1. The van der Waals surface area contributed by atoms with Crippen molar-refractivity contribution in [3.63, 3.8) is 0 Å². The minimum absolute atomic E-state index is 0.362. The first-order valence-corrected chi connectivity index (χ1v) is 11.4. The maximum atomic E-state index is 5.71. The molecule has 4 heterocycles. The maximum Gasteiger partial charge on any atom is 0.0850 e. The Bertz CT molecular complexity index is 922. The van der Waals surface area contributed by atoms with Crippen LogP contribution < -0.4 is 0 Å². The summed E-state index contributed by atoms with van der Waals surface area (Å²) >= 11 is 0. The van der Waals surface area contributed by atoms with Crippen molar-refractivity contribution in [3.05, 3.63) is 58.1 Å². The van der Waals surface area contributed by atoms with Crippen LogP contribution in [0.2, 0.25) is 0 Å². The molecule has 0 saturated carbocycles. The highest BCUT2D eigenvalue weighted by molar-refractivity contribution is 5.75. The second-order valence-electron chi connectivity index (χ2n) is 9.25. The van der Waals surface area contributed by atoms with Crippen LogP contribution in [0.25, 0.3) is 11.1 Å². The Morgan fingerprint density at radius 2 is 1.17 bits per heavy atom. The number of epoxide rings is 4. The quantitative estimate of drug-likeness (QED) is 0.563. The summed E-state index contributed by atoms with van der Waals surface area (Å²) in [6.07, 6.45) is 6.78. The molecule has 0 radical (unpaired) electrons. The second kappa shape index (κ2) is 7.76. The molecule has 4 aliphatic rings. The third-order valence-corrected chi connectivity index (χ3v) is 6.91. The molecule has 4 nitrogen and oxygen atoms in total. The summed E-state index contributed by atoms with van der Waals surface area (Å²) in [5, 5.41) is 0. The Hall–Kier alpha value is -1.72. The molecular formula is C26H30O4. The summed E-state index contributed by atoms with van der Waals surface area (Å²) in [5.41, 5.74) is 10.2. The van der Waals surface area contributed by atoms with Gasteiger partial charge < -0.3 is 18.9 Å². The Balaban J connectivity index is 1.52. The standard InChI is InChI=1S/C26H30O4/c1-16-22(8-7-18-12-27-18)23(9-19-13-28-19)24(10-20-14-29-20)25(11-21-15-30-21)26(16)17-5-3-2-4-6-17/h2-6,18-21H,7-15H2,1H3. The fourth-order valence-electron chi connectivity index (χ4n) is 4.95. The summed E-state index contributed by atoms with van der Waals surface area (Å²) in [6.45, 7) is 5.92. The van der Waals surface area contributed by atoms with E-state index in [1.54, 1.807) is 0 Å². The van der Waals surface area contributed by atoms with Gasteiger partial charge in [-0.05, 0) is 58.7 Å². The molecule has 4 unspecified atom stereocenters. The van der Waals surface area contributed by atoms with Crippen LogP contribution in [-0.2, 0) is 44.6 Å². The predicted octanol–water partition coefficient (Wildman–Crippen LogP) is 3.82. The summed E-state index contributed by atoms with van der Waals surface area (Å²) in [5.74, 6) is 0. The molecule has 0 aliphatic carbocycles. The lowest BCUT2D eigenvalue weighted by molar-refractivity contribution is 0.393. The molecule has 6 rings (SSSR count). The van der Waals surface area contributed by atoms with Crippen LogP contribution in [0.3, 0.4) is 0 Å². The minimum atomic E-state index is 0.362. The van der Waals surface area contributed by atoms with Gasteiger partial charge in [-0.2, -0.15) is 0 Å². The third-order valence-electron chi connectivity index (χ3n) is 6.91. The van der Waals surface area contributed by atoms with E-state index >= 15 is 0 Å². The molecular weight excluding hydrogens is 376 g/mol. The first-order valence-electron chi connectivity index (χ1n) is 11.4. The molecule has 2 aromatic carbocycles. The molecule has 158 valence electrons. The van der Waals surface area contributed by atoms with Crippen molar-refractivity contribution < 1.29 is 18.9 Å². The molecule has 4 heteroatoms. The zero-order valence-electron chi connectivity index (χ0n) is 17.7. The molecule has 4 fully saturated rings. The lowest BCUT2D eigenvalue weighted by Crippen LogP contribution is -2.15. The Labute approximate surface area is 178 Å². The number of rotatable bonds is 10. The lowest BCUT2D eigenvalue weighted by Gasteiger charge is -2.26. The SMILES string of the molecule is Cc1c(CCC2CO2)c(CC2CO2)c(CC2CO2)c(CC2CO2)c1-c1ccccc1. The zero-order valence-corrected chi connectivity index (χ0v) is 17.7. The summed E-state index contributed by atoms with van der Waals surface area (Å²) in [4.78, 5) is 0. The highest BCUT2D eigenvalue weighted by Crippen LogP contribution is 2.41.